The van der Waals surface area contributed by atoms with E-state index in [1.165, 1.54) is 0 Å². The van der Waals surface area contributed by atoms with Crippen LogP contribution in [0.3, 0.4) is 0 Å². The molecule has 1 fully saturated rings. The first-order chi connectivity index (χ1) is 13.4. The van der Waals surface area contributed by atoms with Gasteiger partial charge in [-0.3, -0.25) is 5.10 Å². The number of rotatable bonds is 3. The van der Waals surface area contributed by atoms with E-state index < -0.39 is 0 Å². The van der Waals surface area contributed by atoms with Crippen LogP contribution < -0.4 is 4.90 Å². The smallest absolute Gasteiger partial charge is 0.129 e. The van der Waals surface area contributed by atoms with E-state index in [1.54, 1.807) is 6.20 Å². The molecule has 4 aromatic rings. The van der Waals surface area contributed by atoms with Crippen LogP contribution in [0.1, 0.15) is 0 Å². The Morgan fingerprint density at radius 3 is 2.74 bits per heavy atom. The van der Waals surface area contributed by atoms with Gasteiger partial charge < -0.3 is 9.64 Å². The number of morpholine rings is 1. The van der Waals surface area contributed by atoms with Crippen LogP contribution in [0, 0.1) is 0 Å². The summed E-state index contributed by atoms with van der Waals surface area (Å²) in [5.74, 6) is 0.956. The van der Waals surface area contributed by atoms with Crippen molar-refractivity contribution < 1.29 is 4.74 Å². The van der Waals surface area contributed by atoms with E-state index in [-0.39, 0.29) is 0 Å². The van der Waals surface area contributed by atoms with Crippen molar-refractivity contribution in [3.05, 3.63) is 54.9 Å². The third-order valence-electron chi connectivity index (χ3n) is 4.78. The number of aromatic nitrogens is 5. The number of nitrogens with zero attached hydrogens (tertiary/aromatic N) is 5. The van der Waals surface area contributed by atoms with Gasteiger partial charge in [-0.15, -0.1) is 0 Å². The summed E-state index contributed by atoms with van der Waals surface area (Å²) < 4.78 is 5.44. The van der Waals surface area contributed by atoms with Crippen molar-refractivity contribution in [2.75, 3.05) is 31.2 Å². The fourth-order valence-corrected chi connectivity index (χ4v) is 3.38. The van der Waals surface area contributed by atoms with Gasteiger partial charge in [0.2, 0.25) is 0 Å². The summed E-state index contributed by atoms with van der Waals surface area (Å²) in [6.45, 7) is 3.18. The molecular weight excluding hydrogens is 340 g/mol. The lowest BCUT2D eigenvalue weighted by Gasteiger charge is -2.27. The fraction of sp³-hybridized carbons (Fsp3) is 0.200. The van der Waals surface area contributed by atoms with Crippen LogP contribution in [-0.4, -0.2) is 51.7 Å². The largest absolute Gasteiger partial charge is 0.378 e. The first-order valence-electron chi connectivity index (χ1n) is 8.94. The molecule has 0 saturated carbocycles. The van der Waals surface area contributed by atoms with E-state index in [4.69, 9.17) is 4.74 Å². The third-order valence-corrected chi connectivity index (χ3v) is 4.78. The number of hydrogen-bond acceptors (Lipinski definition) is 6. The minimum Gasteiger partial charge on any atom is -0.378 e. The summed E-state index contributed by atoms with van der Waals surface area (Å²) in [5, 5.41) is 16.9. The molecule has 0 unspecified atom stereocenters. The Balaban J connectivity index is 1.57. The van der Waals surface area contributed by atoms with Gasteiger partial charge in [0, 0.05) is 42.0 Å². The SMILES string of the molecule is c1cnnc(-c2ccc3[nH]nc(-c4ccnc(N5CCOCC5)c4)c3c2)c1. The number of hydrogen-bond donors (Lipinski definition) is 1. The van der Waals surface area contributed by atoms with E-state index in [2.05, 4.69) is 42.4 Å². The molecule has 0 amide bonds. The summed E-state index contributed by atoms with van der Waals surface area (Å²) >= 11 is 0. The molecule has 1 aromatic carbocycles. The second-order valence-corrected chi connectivity index (χ2v) is 6.44. The van der Waals surface area contributed by atoms with Gasteiger partial charge >= 0.3 is 0 Å². The molecule has 5 rings (SSSR count). The van der Waals surface area contributed by atoms with E-state index in [9.17, 15) is 0 Å². The molecule has 0 spiro atoms. The van der Waals surface area contributed by atoms with Gasteiger partial charge in [0.15, 0.2) is 0 Å². The molecule has 27 heavy (non-hydrogen) atoms. The highest BCUT2D eigenvalue weighted by atomic mass is 16.5. The monoisotopic (exact) mass is 358 g/mol. The van der Waals surface area contributed by atoms with Crippen LogP contribution >= 0.6 is 0 Å². The molecule has 1 saturated heterocycles. The third kappa shape index (κ3) is 3.02. The maximum Gasteiger partial charge on any atom is 0.129 e. The lowest BCUT2D eigenvalue weighted by molar-refractivity contribution is 0.122. The van der Waals surface area contributed by atoms with Gasteiger partial charge in [0.25, 0.3) is 0 Å². The van der Waals surface area contributed by atoms with Crippen LogP contribution in [0.15, 0.2) is 54.9 Å². The van der Waals surface area contributed by atoms with Gasteiger partial charge in [-0.2, -0.15) is 15.3 Å². The predicted octanol–water partition coefficient (Wildman–Crippen LogP) is 2.92. The molecule has 7 nitrogen and oxygen atoms in total. The summed E-state index contributed by atoms with van der Waals surface area (Å²) in [7, 11) is 0. The Morgan fingerprint density at radius 2 is 1.89 bits per heavy atom. The van der Waals surface area contributed by atoms with Crippen molar-refractivity contribution in [3.63, 3.8) is 0 Å². The lowest BCUT2D eigenvalue weighted by Crippen LogP contribution is -2.36. The van der Waals surface area contributed by atoms with Crippen LogP contribution in [0.4, 0.5) is 5.82 Å². The average molecular weight is 358 g/mol. The highest BCUT2D eigenvalue weighted by molar-refractivity contribution is 5.95. The van der Waals surface area contributed by atoms with Crippen molar-refractivity contribution in [3.8, 4) is 22.5 Å². The number of aromatic amines is 1. The molecule has 134 valence electrons. The van der Waals surface area contributed by atoms with Crippen molar-refractivity contribution in [2.24, 2.45) is 0 Å². The van der Waals surface area contributed by atoms with Crippen molar-refractivity contribution in [2.45, 2.75) is 0 Å². The highest BCUT2D eigenvalue weighted by Gasteiger charge is 2.15. The van der Waals surface area contributed by atoms with E-state index in [0.717, 1.165) is 65.5 Å². The molecular formula is C20H18N6O. The first-order valence-corrected chi connectivity index (χ1v) is 8.94. The van der Waals surface area contributed by atoms with Crippen LogP contribution in [0.25, 0.3) is 33.4 Å². The summed E-state index contributed by atoms with van der Waals surface area (Å²) in [6.07, 6.45) is 3.52. The van der Waals surface area contributed by atoms with Crippen LogP contribution in [-0.2, 0) is 4.74 Å². The highest BCUT2D eigenvalue weighted by Crippen LogP contribution is 2.31. The maximum atomic E-state index is 5.44. The lowest BCUT2D eigenvalue weighted by atomic mass is 10.0. The zero-order chi connectivity index (χ0) is 18.1. The molecule has 1 aliphatic heterocycles. The number of fused-ring (bicyclic) bond motifs is 1. The van der Waals surface area contributed by atoms with Crippen molar-refractivity contribution in [1.82, 2.24) is 25.4 Å². The quantitative estimate of drug-likeness (QED) is 0.607. The molecule has 0 radical (unpaired) electrons. The Morgan fingerprint density at radius 1 is 0.963 bits per heavy atom. The van der Waals surface area contributed by atoms with Gasteiger partial charge in [0.05, 0.1) is 24.4 Å². The summed E-state index contributed by atoms with van der Waals surface area (Å²) in [6, 6.07) is 14.1. The molecule has 1 aliphatic rings. The molecule has 0 atom stereocenters. The standard InChI is InChI=1S/C20H18N6O/c1-2-17(23-22-6-1)14-3-4-18-16(12-14)20(25-24-18)15-5-7-21-19(13-15)26-8-10-27-11-9-26/h1-7,12-13H,8-11H2,(H,24,25). The number of nitrogens with one attached hydrogen (secondary N) is 1. The van der Waals surface area contributed by atoms with E-state index >= 15 is 0 Å². The Bertz CT molecular complexity index is 1070. The zero-order valence-corrected chi connectivity index (χ0v) is 14.7. The molecule has 4 heterocycles. The molecule has 0 aliphatic carbocycles. The molecule has 1 N–H and O–H groups in total. The van der Waals surface area contributed by atoms with Gasteiger partial charge in [-0.05, 0) is 36.4 Å². The predicted molar refractivity (Wildman–Crippen MR) is 103 cm³/mol. The normalized spacial score (nSPS) is 14.6. The minimum atomic E-state index is 0.735. The van der Waals surface area contributed by atoms with Gasteiger partial charge in [0.1, 0.15) is 11.5 Å². The van der Waals surface area contributed by atoms with Crippen LogP contribution in [0.2, 0.25) is 0 Å². The average Bonchev–Trinajstić information content (AvgIpc) is 3.18. The summed E-state index contributed by atoms with van der Waals surface area (Å²) in [4.78, 5) is 6.78. The van der Waals surface area contributed by atoms with Crippen LogP contribution in [0.5, 0.6) is 0 Å². The number of pyridine rings is 1. The van der Waals surface area contributed by atoms with Crippen molar-refractivity contribution in [1.29, 1.82) is 0 Å². The second-order valence-electron chi connectivity index (χ2n) is 6.44. The molecule has 3 aromatic heterocycles. The zero-order valence-electron chi connectivity index (χ0n) is 14.7. The van der Waals surface area contributed by atoms with Gasteiger partial charge in [-0.25, -0.2) is 4.98 Å². The van der Waals surface area contributed by atoms with Gasteiger partial charge in [-0.1, -0.05) is 6.07 Å². The summed E-state index contributed by atoms with van der Waals surface area (Å²) in [5.41, 5.74) is 4.79. The number of ether oxygens (including phenoxy) is 1. The minimum absolute atomic E-state index is 0.735. The number of H-pyrrole nitrogens is 1. The van der Waals surface area contributed by atoms with E-state index in [0.29, 0.717) is 0 Å². The fourth-order valence-electron chi connectivity index (χ4n) is 3.38. The molecule has 7 heteroatoms. The molecule has 0 bridgehead atoms. The number of benzene rings is 1. The number of anilines is 1. The maximum absolute atomic E-state index is 5.44. The van der Waals surface area contributed by atoms with Crippen molar-refractivity contribution >= 4 is 16.7 Å². The Hall–Kier alpha value is -3.32. The topological polar surface area (TPSA) is 79.8 Å². The Labute approximate surface area is 156 Å². The van der Waals surface area contributed by atoms with E-state index in [1.807, 2.05) is 36.5 Å². The second kappa shape index (κ2) is 6.77. The first kappa shape index (κ1) is 15.9. The Kier molecular flexibility index (Phi) is 3.99.